The van der Waals surface area contributed by atoms with E-state index in [1.807, 2.05) is 12.4 Å². The van der Waals surface area contributed by atoms with Gasteiger partial charge in [0.2, 0.25) is 0 Å². The van der Waals surface area contributed by atoms with Gasteiger partial charge < -0.3 is 4.74 Å². The highest BCUT2D eigenvalue weighted by Gasteiger charge is 2.50. The zero-order valence-corrected chi connectivity index (χ0v) is 28.6. The minimum atomic E-state index is -0.163. The molecule has 4 aromatic carbocycles. The fourth-order valence-corrected chi connectivity index (χ4v) is 7.88. The maximum absolute atomic E-state index is 6.68. The molecular weight excluding hydrogens is 576 g/mol. The Hall–Kier alpha value is -4.90. The van der Waals surface area contributed by atoms with E-state index in [1.54, 1.807) is 0 Å². The number of benzene rings is 4. The van der Waals surface area contributed by atoms with Crippen LogP contribution in [0.15, 0.2) is 109 Å². The number of rotatable bonds is 4. The topological polar surface area (TPSA) is 44.9 Å². The first kappa shape index (κ1) is 29.5. The Morgan fingerprint density at radius 3 is 1.23 bits per heavy atom. The summed E-state index contributed by atoms with van der Waals surface area (Å²) in [6.45, 7) is 18.7. The highest BCUT2D eigenvalue weighted by atomic mass is 16.5. The minimum Gasteiger partial charge on any atom is -0.457 e. The van der Waals surface area contributed by atoms with E-state index in [1.165, 1.54) is 44.8 Å². The summed E-state index contributed by atoms with van der Waals surface area (Å²) >= 11 is 0. The maximum atomic E-state index is 6.68. The van der Waals surface area contributed by atoms with Gasteiger partial charge in [0, 0.05) is 44.9 Å². The summed E-state index contributed by atoms with van der Waals surface area (Å²) < 4.78 is 10.9. The van der Waals surface area contributed by atoms with Crippen molar-refractivity contribution in [2.45, 2.75) is 77.0 Å². The van der Waals surface area contributed by atoms with E-state index >= 15 is 0 Å². The monoisotopic (exact) mass is 618 g/mol. The van der Waals surface area contributed by atoms with Gasteiger partial charge in [-0.25, -0.2) is 9.36 Å². The van der Waals surface area contributed by atoms with Crippen molar-refractivity contribution in [2.24, 2.45) is 0 Å². The predicted molar refractivity (Wildman–Crippen MR) is 190 cm³/mol. The molecule has 0 atom stereocenters. The van der Waals surface area contributed by atoms with Gasteiger partial charge in [0.05, 0.1) is 35.2 Å². The van der Waals surface area contributed by atoms with Crippen LogP contribution in [0.25, 0.3) is 33.6 Å². The molecule has 0 N–H and O–H groups in total. The van der Waals surface area contributed by atoms with Gasteiger partial charge in [-0.05, 0) is 34.4 Å². The highest BCUT2D eigenvalue weighted by molar-refractivity contribution is 5.72. The van der Waals surface area contributed by atoms with Crippen LogP contribution in [0.5, 0.6) is 11.5 Å². The molecule has 0 aliphatic carbocycles. The fraction of sp³-hybridized carbons (Fsp3) is 0.286. The van der Waals surface area contributed by atoms with E-state index in [0.29, 0.717) is 0 Å². The lowest BCUT2D eigenvalue weighted by molar-refractivity contribution is 0.275. The Morgan fingerprint density at radius 2 is 0.851 bits per heavy atom. The molecule has 0 fully saturated rings. The van der Waals surface area contributed by atoms with E-state index in [4.69, 9.17) is 14.9 Å². The Kier molecular flexibility index (Phi) is 6.15. The molecule has 47 heavy (non-hydrogen) atoms. The quantitative estimate of drug-likeness (QED) is 0.197. The lowest BCUT2D eigenvalue weighted by atomic mass is 9.59. The van der Waals surface area contributed by atoms with Gasteiger partial charge in [-0.3, -0.25) is 0 Å². The summed E-state index contributed by atoms with van der Waals surface area (Å²) in [4.78, 5) is 0. The smallest absolute Gasteiger partial charge is 0.129 e. The average Bonchev–Trinajstić information content (AvgIpc) is 3.71. The second-order valence-corrected chi connectivity index (χ2v) is 15.3. The minimum absolute atomic E-state index is 0.141. The van der Waals surface area contributed by atoms with Gasteiger partial charge in [0.1, 0.15) is 11.5 Å². The van der Waals surface area contributed by atoms with Crippen LogP contribution in [-0.4, -0.2) is 19.6 Å². The summed E-state index contributed by atoms with van der Waals surface area (Å²) in [5, 5.41) is 9.95. The van der Waals surface area contributed by atoms with Crippen molar-refractivity contribution in [3.63, 3.8) is 0 Å². The largest absolute Gasteiger partial charge is 0.457 e. The summed E-state index contributed by atoms with van der Waals surface area (Å²) in [7, 11) is 0. The molecule has 2 aliphatic heterocycles. The molecule has 4 heterocycles. The fourth-order valence-electron chi connectivity index (χ4n) is 7.88. The van der Waals surface area contributed by atoms with E-state index in [2.05, 4.69) is 162 Å². The summed E-state index contributed by atoms with van der Waals surface area (Å²) in [6, 6.07) is 34.1. The molecule has 6 aromatic rings. The molecule has 5 nitrogen and oxygen atoms in total. The first-order valence-electron chi connectivity index (χ1n) is 16.6. The predicted octanol–water partition coefficient (Wildman–Crippen LogP) is 10.3. The zero-order valence-electron chi connectivity index (χ0n) is 28.6. The molecule has 0 bridgehead atoms. The third-order valence-electron chi connectivity index (χ3n) is 12.0. The molecule has 2 aliphatic rings. The second-order valence-electron chi connectivity index (χ2n) is 15.3. The van der Waals surface area contributed by atoms with Crippen LogP contribution in [0.3, 0.4) is 0 Å². The van der Waals surface area contributed by atoms with Crippen LogP contribution in [-0.2, 0) is 21.7 Å². The maximum Gasteiger partial charge on any atom is 0.129 e. The van der Waals surface area contributed by atoms with Crippen LogP contribution < -0.4 is 4.74 Å². The summed E-state index contributed by atoms with van der Waals surface area (Å²) in [6.07, 6.45) is 4.03. The zero-order chi connectivity index (χ0) is 32.9. The number of hydrogen-bond acceptors (Lipinski definition) is 3. The molecule has 0 radical (unpaired) electrons. The summed E-state index contributed by atoms with van der Waals surface area (Å²) in [5.41, 5.74) is 11.2. The van der Waals surface area contributed by atoms with Crippen molar-refractivity contribution in [1.29, 1.82) is 0 Å². The normalized spacial score (nSPS) is 17.6. The molecule has 0 saturated heterocycles. The van der Waals surface area contributed by atoms with Gasteiger partial charge >= 0.3 is 0 Å². The number of fused-ring (bicyclic) bond motifs is 6. The van der Waals surface area contributed by atoms with Crippen LogP contribution in [0.2, 0.25) is 0 Å². The van der Waals surface area contributed by atoms with Crippen molar-refractivity contribution in [1.82, 2.24) is 19.6 Å². The van der Waals surface area contributed by atoms with Crippen molar-refractivity contribution in [3.05, 3.63) is 132 Å². The number of ether oxygens (including phenoxy) is 1. The first-order chi connectivity index (χ1) is 22.3. The molecule has 0 unspecified atom stereocenters. The lowest BCUT2D eigenvalue weighted by Crippen LogP contribution is -2.46. The van der Waals surface area contributed by atoms with E-state index < -0.39 is 0 Å². The van der Waals surface area contributed by atoms with Gasteiger partial charge in [-0.15, -0.1) is 0 Å². The third kappa shape index (κ3) is 4.01. The molecule has 0 saturated carbocycles. The van der Waals surface area contributed by atoms with Crippen molar-refractivity contribution in [3.8, 4) is 45.1 Å². The lowest BCUT2D eigenvalue weighted by Gasteiger charge is -2.47. The number of hydrogen-bond donors (Lipinski definition) is 0. The Bertz CT molecular complexity index is 2010. The van der Waals surface area contributed by atoms with Crippen molar-refractivity contribution in [2.75, 3.05) is 0 Å². The van der Waals surface area contributed by atoms with Crippen LogP contribution in [0.1, 0.15) is 77.9 Å². The number of aromatic nitrogens is 4. The van der Waals surface area contributed by atoms with Crippen molar-refractivity contribution < 1.29 is 4.74 Å². The standard InChI is InChI=1S/C42H42N4O/c1-39(2)33-21-19-29(23-35(33)45-37(41(39,5)6)31(25-43-45)27-15-11-9-12-16-27)47-30-20-22-34-36(24-30)46-38(42(7,8)40(34,3)4)32(26-44-46)28-17-13-10-14-18-28/h9-26H,1-8H3. The molecule has 0 amide bonds. The Labute approximate surface area is 277 Å². The Balaban J connectivity index is 1.22. The van der Waals surface area contributed by atoms with Gasteiger partial charge in [0.15, 0.2) is 0 Å². The third-order valence-corrected chi connectivity index (χ3v) is 12.0. The van der Waals surface area contributed by atoms with Crippen LogP contribution in [0.4, 0.5) is 0 Å². The molecule has 0 spiro atoms. The number of nitrogens with zero attached hydrogens (tertiary/aromatic N) is 4. The molecule has 8 rings (SSSR count). The van der Waals surface area contributed by atoms with Gasteiger partial charge in [-0.1, -0.05) is 128 Å². The molecular formula is C42H42N4O. The average molecular weight is 619 g/mol. The van der Waals surface area contributed by atoms with Crippen molar-refractivity contribution >= 4 is 0 Å². The highest BCUT2D eigenvalue weighted by Crippen LogP contribution is 2.54. The molecule has 236 valence electrons. The Morgan fingerprint density at radius 1 is 0.468 bits per heavy atom. The summed E-state index contributed by atoms with van der Waals surface area (Å²) in [5.74, 6) is 1.56. The SMILES string of the molecule is CC1(C)c2ccc(Oc3ccc4c(c3)-n3ncc(-c5ccccc5)c3C(C)(C)C4(C)C)cc2-n2ncc(-c3ccccc3)c2C1(C)C. The van der Waals surface area contributed by atoms with E-state index in [9.17, 15) is 0 Å². The van der Waals surface area contributed by atoms with E-state index in [-0.39, 0.29) is 21.7 Å². The second kappa shape index (κ2) is 9.80. The van der Waals surface area contributed by atoms with Crippen LogP contribution in [0, 0.1) is 0 Å². The molecule has 5 heteroatoms. The first-order valence-corrected chi connectivity index (χ1v) is 16.6. The van der Waals surface area contributed by atoms with Gasteiger partial charge in [-0.2, -0.15) is 10.2 Å². The molecule has 2 aromatic heterocycles. The van der Waals surface area contributed by atoms with E-state index in [0.717, 1.165) is 22.9 Å². The van der Waals surface area contributed by atoms with Gasteiger partial charge in [0.25, 0.3) is 0 Å². The van der Waals surface area contributed by atoms with Crippen LogP contribution >= 0.6 is 0 Å².